The van der Waals surface area contributed by atoms with Gasteiger partial charge >= 0.3 is 0 Å². The van der Waals surface area contributed by atoms with Gasteiger partial charge in [-0.15, -0.1) is 0 Å². The van der Waals surface area contributed by atoms with Crippen molar-refractivity contribution in [1.82, 2.24) is 10.2 Å². The van der Waals surface area contributed by atoms with Crippen molar-refractivity contribution in [3.63, 3.8) is 0 Å². The third-order valence-electron chi connectivity index (χ3n) is 4.47. The number of ether oxygens (including phenoxy) is 1. The number of hydrogen-bond acceptors (Lipinski definition) is 4. The number of hydrogen-bond donors (Lipinski definition) is 3. The van der Waals surface area contributed by atoms with Gasteiger partial charge in [0.05, 0.1) is 17.8 Å². The van der Waals surface area contributed by atoms with E-state index in [0.29, 0.717) is 5.75 Å². The largest absolute Gasteiger partial charge is 0.504 e. The molecular weight excluding hydrogens is 352 g/mol. The molecule has 4 aromatic rings. The Morgan fingerprint density at radius 1 is 0.929 bits per heavy atom. The molecule has 5 nitrogen and oxygen atoms in total. The maximum Gasteiger partial charge on any atom is 0.161 e. The topological polar surface area (TPSA) is 78.4 Å². The van der Waals surface area contributed by atoms with Crippen LogP contribution in [0.2, 0.25) is 0 Å². The lowest BCUT2D eigenvalue weighted by Gasteiger charge is -2.09. The minimum atomic E-state index is -0.108. The molecule has 3 N–H and O–H groups in total. The summed E-state index contributed by atoms with van der Waals surface area (Å²) in [6.45, 7) is 0.0246. The third-order valence-corrected chi connectivity index (χ3v) is 4.47. The normalized spacial score (nSPS) is 11.3. The summed E-state index contributed by atoms with van der Waals surface area (Å²) in [6, 6.07) is 21.3. The number of phenolic OH excluding ortho intramolecular Hbond substituents is 1. The average molecular weight is 372 g/mol. The van der Waals surface area contributed by atoms with Crippen LogP contribution in [0.25, 0.3) is 34.2 Å². The molecule has 3 aromatic carbocycles. The van der Waals surface area contributed by atoms with Gasteiger partial charge in [-0.25, -0.2) is 0 Å². The number of aliphatic hydroxyl groups is 1. The van der Waals surface area contributed by atoms with E-state index in [1.54, 1.807) is 12.1 Å². The summed E-state index contributed by atoms with van der Waals surface area (Å²) in [7, 11) is 0. The first kappa shape index (κ1) is 17.8. The lowest BCUT2D eigenvalue weighted by molar-refractivity contribution is 0.197. The predicted octanol–water partition coefficient (Wildman–Crippen LogP) is 4.48. The molecule has 0 aliphatic heterocycles. The zero-order valence-corrected chi connectivity index (χ0v) is 15.2. The maximum absolute atomic E-state index is 9.91. The summed E-state index contributed by atoms with van der Waals surface area (Å²) in [5, 5.41) is 27.4. The van der Waals surface area contributed by atoms with Gasteiger partial charge in [-0.3, -0.25) is 5.10 Å². The van der Waals surface area contributed by atoms with Gasteiger partial charge in [0.15, 0.2) is 11.5 Å². The van der Waals surface area contributed by atoms with Gasteiger partial charge in [0.25, 0.3) is 0 Å². The lowest BCUT2D eigenvalue weighted by atomic mass is 10.0. The molecule has 0 bridgehead atoms. The number of H-pyrrole nitrogens is 1. The molecule has 0 spiro atoms. The fourth-order valence-electron chi connectivity index (χ4n) is 3.05. The van der Waals surface area contributed by atoms with Gasteiger partial charge in [0.1, 0.15) is 6.61 Å². The maximum atomic E-state index is 9.91. The summed E-state index contributed by atoms with van der Waals surface area (Å²) in [5.41, 5.74) is 4.81. The van der Waals surface area contributed by atoms with Crippen molar-refractivity contribution in [2.45, 2.75) is 0 Å². The minimum Gasteiger partial charge on any atom is -0.504 e. The Kier molecular flexibility index (Phi) is 5.08. The zero-order valence-electron chi connectivity index (χ0n) is 15.2. The Bertz CT molecular complexity index is 1120. The average Bonchev–Trinajstić information content (AvgIpc) is 3.14. The minimum absolute atomic E-state index is 0.0492. The second kappa shape index (κ2) is 7.98. The first-order valence-corrected chi connectivity index (χ1v) is 9.03. The summed E-state index contributed by atoms with van der Waals surface area (Å²) < 4.78 is 5.38. The number of aliphatic hydroxyl groups excluding tert-OH is 1. The van der Waals surface area contributed by atoms with Crippen LogP contribution in [0.5, 0.6) is 11.5 Å². The van der Waals surface area contributed by atoms with Crippen molar-refractivity contribution in [2.24, 2.45) is 0 Å². The van der Waals surface area contributed by atoms with Crippen LogP contribution in [0, 0.1) is 0 Å². The van der Waals surface area contributed by atoms with Crippen LogP contribution < -0.4 is 4.74 Å². The standard InChI is InChI=1S/C23H20N2O3/c26-12-13-28-23-15-18(8-11-22(23)27)17-7-9-19-20(24-25-21(19)14-17)10-6-16-4-2-1-3-5-16/h1-11,14-15,26-27H,12-13H2,(H,24,25)/b10-6+. The lowest BCUT2D eigenvalue weighted by Crippen LogP contribution is -2.01. The molecule has 5 heteroatoms. The van der Waals surface area contributed by atoms with Gasteiger partial charge in [0.2, 0.25) is 0 Å². The van der Waals surface area contributed by atoms with E-state index in [0.717, 1.165) is 33.3 Å². The molecule has 0 atom stereocenters. The molecule has 1 aromatic heterocycles. The Labute approximate surface area is 162 Å². The number of aromatic hydroxyl groups is 1. The van der Waals surface area contributed by atoms with E-state index in [2.05, 4.69) is 10.2 Å². The Morgan fingerprint density at radius 3 is 2.54 bits per heavy atom. The molecule has 140 valence electrons. The van der Waals surface area contributed by atoms with Crippen molar-refractivity contribution >= 4 is 23.1 Å². The molecule has 0 radical (unpaired) electrons. The third kappa shape index (κ3) is 3.75. The molecular formula is C23H20N2O3. The number of nitrogens with zero attached hydrogens (tertiary/aromatic N) is 1. The smallest absolute Gasteiger partial charge is 0.161 e. The highest BCUT2D eigenvalue weighted by Crippen LogP contribution is 2.33. The monoisotopic (exact) mass is 372 g/mol. The second-order valence-corrected chi connectivity index (χ2v) is 6.37. The van der Waals surface area contributed by atoms with E-state index in [-0.39, 0.29) is 19.0 Å². The number of fused-ring (bicyclic) bond motifs is 1. The van der Waals surface area contributed by atoms with Gasteiger partial charge in [-0.1, -0.05) is 48.5 Å². The predicted molar refractivity (Wildman–Crippen MR) is 111 cm³/mol. The fraction of sp³-hybridized carbons (Fsp3) is 0.0870. The van der Waals surface area contributed by atoms with Gasteiger partial charge < -0.3 is 14.9 Å². The molecule has 0 saturated carbocycles. The van der Waals surface area contributed by atoms with Crippen LogP contribution in [-0.4, -0.2) is 33.6 Å². The van der Waals surface area contributed by atoms with E-state index in [4.69, 9.17) is 9.84 Å². The molecule has 28 heavy (non-hydrogen) atoms. The van der Waals surface area contributed by atoms with Crippen LogP contribution in [0.3, 0.4) is 0 Å². The van der Waals surface area contributed by atoms with Crippen LogP contribution in [-0.2, 0) is 0 Å². The number of benzene rings is 3. The summed E-state index contributed by atoms with van der Waals surface area (Å²) in [5.74, 6) is 0.399. The highest BCUT2D eigenvalue weighted by molar-refractivity contribution is 5.92. The summed E-state index contributed by atoms with van der Waals surface area (Å²) >= 11 is 0. The first-order chi connectivity index (χ1) is 13.7. The van der Waals surface area contributed by atoms with E-state index in [1.807, 2.05) is 66.7 Å². The first-order valence-electron chi connectivity index (χ1n) is 9.03. The molecule has 0 saturated heterocycles. The van der Waals surface area contributed by atoms with Crippen molar-refractivity contribution in [1.29, 1.82) is 0 Å². The van der Waals surface area contributed by atoms with Crippen LogP contribution in [0.15, 0.2) is 66.7 Å². The highest BCUT2D eigenvalue weighted by atomic mass is 16.5. The van der Waals surface area contributed by atoms with Gasteiger partial charge in [0, 0.05) is 5.39 Å². The van der Waals surface area contributed by atoms with Crippen molar-refractivity contribution in [2.75, 3.05) is 13.2 Å². The Balaban J connectivity index is 1.63. The molecule has 1 heterocycles. The fourth-order valence-corrected chi connectivity index (χ4v) is 3.05. The van der Waals surface area contributed by atoms with Gasteiger partial charge in [-0.05, 0) is 47.0 Å². The van der Waals surface area contributed by atoms with E-state index in [1.165, 1.54) is 0 Å². The van der Waals surface area contributed by atoms with E-state index >= 15 is 0 Å². The molecule has 0 aliphatic rings. The SMILES string of the molecule is OCCOc1cc(-c2ccc3c(/C=C/c4ccccc4)n[nH]c3c2)ccc1O. The molecule has 0 amide bonds. The summed E-state index contributed by atoms with van der Waals surface area (Å²) in [6.07, 6.45) is 4.03. The Morgan fingerprint density at radius 2 is 1.71 bits per heavy atom. The highest BCUT2D eigenvalue weighted by Gasteiger charge is 2.09. The quantitative estimate of drug-likeness (QED) is 0.466. The number of nitrogens with one attached hydrogen (secondary N) is 1. The zero-order chi connectivity index (χ0) is 19.3. The molecule has 0 unspecified atom stereocenters. The number of aromatic nitrogens is 2. The Hall–Kier alpha value is -3.57. The van der Waals surface area contributed by atoms with E-state index < -0.39 is 0 Å². The number of rotatable bonds is 6. The van der Waals surface area contributed by atoms with Crippen molar-refractivity contribution in [3.05, 3.63) is 78.0 Å². The van der Waals surface area contributed by atoms with Crippen LogP contribution in [0.4, 0.5) is 0 Å². The summed E-state index contributed by atoms with van der Waals surface area (Å²) in [4.78, 5) is 0. The van der Waals surface area contributed by atoms with Crippen molar-refractivity contribution in [3.8, 4) is 22.6 Å². The van der Waals surface area contributed by atoms with E-state index in [9.17, 15) is 5.11 Å². The molecule has 0 fully saturated rings. The van der Waals surface area contributed by atoms with Gasteiger partial charge in [-0.2, -0.15) is 5.10 Å². The number of phenols is 1. The van der Waals surface area contributed by atoms with Crippen molar-refractivity contribution < 1.29 is 14.9 Å². The molecule has 4 rings (SSSR count). The molecule has 0 aliphatic carbocycles. The van der Waals surface area contributed by atoms with Crippen LogP contribution >= 0.6 is 0 Å². The number of aromatic amines is 1. The van der Waals surface area contributed by atoms with Crippen LogP contribution in [0.1, 0.15) is 11.3 Å². The second-order valence-electron chi connectivity index (χ2n) is 6.37.